The Kier molecular flexibility index (Phi) is 2.86. The molecule has 0 saturated heterocycles. The Morgan fingerprint density at radius 3 is 2.50 bits per heavy atom. The molecule has 0 atom stereocenters. The molecular formula is C16H11N3O2S. The molecule has 0 aliphatic carbocycles. The Balaban J connectivity index is 1.88. The van der Waals surface area contributed by atoms with Gasteiger partial charge in [0.05, 0.1) is 16.7 Å². The first kappa shape index (κ1) is 13.2. The molecule has 22 heavy (non-hydrogen) atoms. The highest BCUT2D eigenvalue weighted by Crippen LogP contribution is 2.40. The van der Waals surface area contributed by atoms with Crippen LogP contribution >= 0.6 is 11.3 Å². The van der Waals surface area contributed by atoms with Gasteiger partial charge in [-0.3, -0.25) is 9.59 Å². The largest absolute Gasteiger partial charge is 0.312 e. The molecule has 4 rings (SSSR count). The zero-order valence-electron chi connectivity index (χ0n) is 11.5. The smallest absolute Gasteiger partial charge is 0.266 e. The monoisotopic (exact) mass is 309 g/mol. The van der Waals surface area contributed by atoms with Gasteiger partial charge in [-0.05, 0) is 30.7 Å². The van der Waals surface area contributed by atoms with E-state index in [4.69, 9.17) is 0 Å². The number of rotatable bonds is 1. The zero-order valence-corrected chi connectivity index (χ0v) is 12.4. The Bertz CT molecular complexity index is 828. The zero-order chi connectivity index (χ0) is 15.3. The maximum atomic E-state index is 12.6. The highest BCUT2D eigenvalue weighted by Gasteiger charge is 2.39. The molecule has 0 bridgehead atoms. The number of benzene rings is 1. The number of carbonyl (C=O) groups excluding carboxylic acids is 2. The average molecular weight is 309 g/mol. The number of nitrogens with one attached hydrogen (secondary N) is 1. The molecule has 2 aliphatic heterocycles. The van der Waals surface area contributed by atoms with Crippen molar-refractivity contribution in [3.63, 3.8) is 0 Å². The molecule has 2 amide bonds. The summed E-state index contributed by atoms with van der Waals surface area (Å²) >= 11 is 1.36. The third-order valence-corrected chi connectivity index (χ3v) is 5.24. The van der Waals surface area contributed by atoms with Crippen LogP contribution in [-0.2, 0) is 13.0 Å². The van der Waals surface area contributed by atoms with Crippen molar-refractivity contribution in [2.24, 2.45) is 0 Å². The van der Waals surface area contributed by atoms with Crippen LogP contribution in [0.4, 0.5) is 5.00 Å². The van der Waals surface area contributed by atoms with E-state index in [2.05, 4.69) is 11.4 Å². The highest BCUT2D eigenvalue weighted by atomic mass is 32.1. The number of hydrogen-bond acceptors (Lipinski definition) is 5. The van der Waals surface area contributed by atoms with Crippen LogP contribution in [0.2, 0.25) is 0 Å². The lowest BCUT2D eigenvalue weighted by Gasteiger charge is -2.12. The van der Waals surface area contributed by atoms with Crippen molar-refractivity contribution < 1.29 is 9.59 Å². The molecule has 0 spiro atoms. The summed E-state index contributed by atoms with van der Waals surface area (Å²) in [5.41, 5.74) is 2.25. The van der Waals surface area contributed by atoms with Gasteiger partial charge in [0, 0.05) is 11.4 Å². The Morgan fingerprint density at radius 2 is 1.86 bits per heavy atom. The van der Waals surface area contributed by atoms with Crippen LogP contribution in [0.1, 0.15) is 36.7 Å². The Hall–Kier alpha value is -2.49. The van der Waals surface area contributed by atoms with Gasteiger partial charge in [0.2, 0.25) is 0 Å². The van der Waals surface area contributed by atoms with E-state index in [0.717, 1.165) is 28.3 Å². The third kappa shape index (κ3) is 1.67. The van der Waals surface area contributed by atoms with Gasteiger partial charge in [0.25, 0.3) is 11.8 Å². The van der Waals surface area contributed by atoms with E-state index in [1.807, 2.05) is 0 Å². The number of nitriles is 1. The second-order valence-electron chi connectivity index (χ2n) is 5.21. The number of anilines is 1. The number of hydrogen-bond donors (Lipinski definition) is 1. The van der Waals surface area contributed by atoms with Crippen LogP contribution < -0.4 is 10.2 Å². The second-order valence-corrected chi connectivity index (χ2v) is 6.30. The average Bonchev–Trinajstić information content (AvgIpc) is 3.03. The molecule has 1 N–H and O–H groups in total. The van der Waals surface area contributed by atoms with E-state index in [-0.39, 0.29) is 11.8 Å². The minimum absolute atomic E-state index is 0.344. The second kappa shape index (κ2) is 4.77. The summed E-state index contributed by atoms with van der Waals surface area (Å²) in [6, 6.07) is 8.96. The number of fused-ring (bicyclic) bond motifs is 2. The first-order chi connectivity index (χ1) is 10.7. The third-order valence-electron chi connectivity index (χ3n) is 4.02. The molecule has 6 heteroatoms. The first-order valence-corrected chi connectivity index (χ1v) is 7.77. The topological polar surface area (TPSA) is 73.2 Å². The molecule has 0 saturated carbocycles. The molecule has 108 valence electrons. The maximum absolute atomic E-state index is 12.6. The van der Waals surface area contributed by atoms with Crippen molar-refractivity contribution in [2.45, 2.75) is 13.0 Å². The normalized spacial score (nSPS) is 16.4. The number of imide groups is 1. The maximum Gasteiger partial charge on any atom is 0.266 e. The van der Waals surface area contributed by atoms with E-state index in [1.165, 1.54) is 11.3 Å². The van der Waals surface area contributed by atoms with Crippen molar-refractivity contribution in [2.75, 3.05) is 11.4 Å². The van der Waals surface area contributed by atoms with E-state index < -0.39 is 0 Å². The van der Waals surface area contributed by atoms with Gasteiger partial charge in [-0.15, -0.1) is 11.3 Å². The molecule has 3 heterocycles. The van der Waals surface area contributed by atoms with Crippen LogP contribution in [0.3, 0.4) is 0 Å². The Labute approximate surface area is 130 Å². The minimum atomic E-state index is -0.344. The van der Waals surface area contributed by atoms with Crippen molar-refractivity contribution in [3.05, 3.63) is 51.4 Å². The fourth-order valence-electron chi connectivity index (χ4n) is 2.97. The summed E-state index contributed by atoms with van der Waals surface area (Å²) in [4.78, 5) is 27.3. The van der Waals surface area contributed by atoms with Crippen molar-refractivity contribution >= 4 is 28.2 Å². The lowest BCUT2D eigenvalue weighted by Crippen LogP contribution is -2.29. The summed E-state index contributed by atoms with van der Waals surface area (Å²) in [5.74, 6) is -0.688. The molecule has 1 aromatic carbocycles. The SMILES string of the molecule is N#Cc1c(N2C(=O)c3ccccc3C2=O)sc2c1CCNC2. The van der Waals surface area contributed by atoms with E-state index in [1.54, 1.807) is 24.3 Å². The van der Waals surface area contributed by atoms with Gasteiger partial charge in [-0.2, -0.15) is 5.26 Å². The molecule has 5 nitrogen and oxygen atoms in total. The summed E-state index contributed by atoms with van der Waals surface area (Å²) in [6.07, 6.45) is 0.748. The summed E-state index contributed by atoms with van der Waals surface area (Å²) in [6.45, 7) is 1.48. The molecular weight excluding hydrogens is 298 g/mol. The molecule has 0 fully saturated rings. The van der Waals surface area contributed by atoms with Gasteiger partial charge < -0.3 is 5.32 Å². The van der Waals surface area contributed by atoms with Gasteiger partial charge >= 0.3 is 0 Å². The summed E-state index contributed by atoms with van der Waals surface area (Å²) in [5, 5.41) is 13.2. The summed E-state index contributed by atoms with van der Waals surface area (Å²) < 4.78 is 0. The molecule has 0 radical (unpaired) electrons. The van der Waals surface area contributed by atoms with E-state index in [0.29, 0.717) is 28.2 Å². The van der Waals surface area contributed by atoms with E-state index in [9.17, 15) is 14.9 Å². The fourth-order valence-corrected chi connectivity index (χ4v) is 4.23. The molecule has 2 aromatic rings. The molecule has 1 aromatic heterocycles. The van der Waals surface area contributed by atoms with Crippen LogP contribution in [0, 0.1) is 11.3 Å². The predicted molar refractivity (Wildman–Crippen MR) is 82.0 cm³/mol. The predicted octanol–water partition coefficient (Wildman–Crippen LogP) is 2.07. The van der Waals surface area contributed by atoms with Crippen LogP contribution in [0.15, 0.2) is 24.3 Å². The number of nitrogens with zero attached hydrogens (tertiary/aromatic N) is 2. The summed E-state index contributed by atoms with van der Waals surface area (Å²) in [7, 11) is 0. The highest BCUT2D eigenvalue weighted by molar-refractivity contribution is 7.17. The van der Waals surface area contributed by atoms with Gasteiger partial charge in [-0.25, -0.2) is 4.90 Å². The lowest BCUT2D eigenvalue weighted by atomic mass is 10.0. The van der Waals surface area contributed by atoms with Gasteiger partial charge in [0.15, 0.2) is 0 Å². The number of amides is 2. The van der Waals surface area contributed by atoms with Crippen molar-refractivity contribution in [1.29, 1.82) is 5.26 Å². The molecule has 0 unspecified atom stereocenters. The fraction of sp³-hybridized carbons (Fsp3) is 0.188. The Morgan fingerprint density at radius 1 is 1.18 bits per heavy atom. The van der Waals surface area contributed by atoms with Gasteiger partial charge in [0.1, 0.15) is 11.1 Å². The van der Waals surface area contributed by atoms with Crippen LogP contribution in [0.25, 0.3) is 0 Å². The first-order valence-electron chi connectivity index (χ1n) is 6.95. The van der Waals surface area contributed by atoms with Crippen molar-refractivity contribution in [1.82, 2.24) is 5.32 Å². The molecule has 2 aliphatic rings. The van der Waals surface area contributed by atoms with E-state index >= 15 is 0 Å². The van der Waals surface area contributed by atoms with Crippen molar-refractivity contribution in [3.8, 4) is 6.07 Å². The number of thiophene rings is 1. The van der Waals surface area contributed by atoms with Crippen LogP contribution in [0.5, 0.6) is 0 Å². The minimum Gasteiger partial charge on any atom is -0.312 e. The van der Waals surface area contributed by atoms with Crippen LogP contribution in [-0.4, -0.2) is 18.4 Å². The lowest BCUT2D eigenvalue weighted by molar-refractivity contribution is 0.0927. The van der Waals surface area contributed by atoms with Gasteiger partial charge in [-0.1, -0.05) is 12.1 Å². The number of carbonyl (C=O) groups is 2. The standard InChI is InChI=1S/C16H11N3O2S/c17-7-12-9-5-6-18-8-13(9)22-16(12)19-14(20)10-3-1-2-4-11(10)15(19)21/h1-4,18H,5-6,8H2. The quantitative estimate of drug-likeness (QED) is 0.818.